The largest absolute Gasteiger partial charge is 0.337 e. The highest BCUT2D eigenvalue weighted by Crippen LogP contribution is 2.37. The van der Waals surface area contributed by atoms with Gasteiger partial charge in [-0.05, 0) is 29.4 Å². The van der Waals surface area contributed by atoms with Crippen molar-refractivity contribution in [2.75, 3.05) is 13.1 Å². The van der Waals surface area contributed by atoms with Gasteiger partial charge in [0.2, 0.25) is 5.91 Å². The molecule has 0 aromatic heterocycles. The quantitative estimate of drug-likeness (QED) is 0.853. The molecule has 0 N–H and O–H groups in total. The predicted octanol–water partition coefficient (Wildman–Crippen LogP) is 3.56. The number of carbonyl (C=O) groups is 1. The molecule has 0 spiro atoms. The number of fused-ring (bicyclic) bond motifs is 1. The Morgan fingerprint density at radius 2 is 1.52 bits per heavy atom. The zero-order chi connectivity index (χ0) is 17.2. The molecule has 3 atom stereocenters. The molecule has 2 aromatic carbocycles. The van der Waals surface area contributed by atoms with Gasteiger partial charge in [0, 0.05) is 26.2 Å². The lowest BCUT2D eigenvalue weighted by atomic mass is 9.85. The van der Waals surface area contributed by atoms with E-state index in [-0.39, 0.29) is 6.04 Å². The maximum Gasteiger partial charge on any atom is 0.240 e. The number of benzene rings is 2. The van der Waals surface area contributed by atoms with Crippen molar-refractivity contribution in [3.05, 3.63) is 71.8 Å². The van der Waals surface area contributed by atoms with Crippen LogP contribution in [-0.2, 0) is 17.9 Å². The minimum Gasteiger partial charge on any atom is -0.337 e. The molecule has 2 saturated heterocycles. The van der Waals surface area contributed by atoms with Crippen molar-refractivity contribution in [3.63, 3.8) is 0 Å². The molecule has 2 aromatic rings. The van der Waals surface area contributed by atoms with Gasteiger partial charge in [0.05, 0.1) is 6.04 Å². The van der Waals surface area contributed by atoms with Gasteiger partial charge >= 0.3 is 0 Å². The average molecular weight is 334 g/mol. The Morgan fingerprint density at radius 1 is 0.920 bits per heavy atom. The zero-order valence-electron chi connectivity index (χ0n) is 14.8. The van der Waals surface area contributed by atoms with E-state index < -0.39 is 0 Å². The summed E-state index contributed by atoms with van der Waals surface area (Å²) in [7, 11) is 0. The number of nitrogens with zero attached hydrogens (tertiary/aromatic N) is 2. The van der Waals surface area contributed by atoms with E-state index in [0.29, 0.717) is 17.7 Å². The van der Waals surface area contributed by atoms with Crippen LogP contribution in [0.1, 0.15) is 24.5 Å². The van der Waals surface area contributed by atoms with Crippen LogP contribution in [0.2, 0.25) is 0 Å². The van der Waals surface area contributed by atoms with E-state index >= 15 is 0 Å². The summed E-state index contributed by atoms with van der Waals surface area (Å²) in [4.78, 5) is 17.7. The van der Waals surface area contributed by atoms with Crippen LogP contribution < -0.4 is 0 Å². The number of hydrogen-bond acceptors (Lipinski definition) is 2. The second-order valence-electron chi connectivity index (χ2n) is 7.54. The van der Waals surface area contributed by atoms with Gasteiger partial charge in [0.15, 0.2) is 0 Å². The lowest BCUT2D eigenvalue weighted by Crippen LogP contribution is -2.52. The molecule has 0 radical (unpaired) electrons. The Balaban J connectivity index is 1.51. The fourth-order valence-corrected chi connectivity index (χ4v) is 4.53. The van der Waals surface area contributed by atoms with Crippen LogP contribution in [0.4, 0.5) is 0 Å². The smallest absolute Gasteiger partial charge is 0.240 e. The van der Waals surface area contributed by atoms with Crippen LogP contribution in [0, 0.1) is 11.8 Å². The summed E-state index contributed by atoms with van der Waals surface area (Å²) in [6.45, 7) is 5.82. The first-order valence-electron chi connectivity index (χ1n) is 9.33. The van der Waals surface area contributed by atoms with Crippen molar-refractivity contribution in [1.82, 2.24) is 9.80 Å². The number of rotatable bonds is 4. The zero-order valence-corrected chi connectivity index (χ0v) is 14.8. The van der Waals surface area contributed by atoms with Crippen molar-refractivity contribution in [3.8, 4) is 0 Å². The minimum absolute atomic E-state index is 0.0488. The van der Waals surface area contributed by atoms with Gasteiger partial charge in [0.1, 0.15) is 0 Å². The molecule has 1 amide bonds. The monoisotopic (exact) mass is 334 g/mol. The van der Waals surface area contributed by atoms with Crippen LogP contribution in [0.5, 0.6) is 0 Å². The second-order valence-corrected chi connectivity index (χ2v) is 7.54. The highest BCUT2D eigenvalue weighted by atomic mass is 16.2. The molecule has 2 aliphatic rings. The van der Waals surface area contributed by atoms with E-state index in [4.69, 9.17) is 0 Å². The molecule has 25 heavy (non-hydrogen) atoms. The van der Waals surface area contributed by atoms with Gasteiger partial charge in [-0.15, -0.1) is 0 Å². The summed E-state index contributed by atoms with van der Waals surface area (Å²) in [6.07, 6.45) is 1.12. The Kier molecular flexibility index (Phi) is 4.58. The number of hydrogen-bond donors (Lipinski definition) is 0. The number of piperidine rings is 1. The predicted molar refractivity (Wildman–Crippen MR) is 99.8 cm³/mol. The summed E-state index contributed by atoms with van der Waals surface area (Å²) in [5, 5.41) is 0. The molecule has 2 fully saturated rings. The first kappa shape index (κ1) is 16.3. The van der Waals surface area contributed by atoms with E-state index in [1.54, 1.807) is 0 Å². The van der Waals surface area contributed by atoms with Gasteiger partial charge in [-0.2, -0.15) is 0 Å². The number of amides is 1. The first-order valence-corrected chi connectivity index (χ1v) is 9.33. The summed E-state index contributed by atoms with van der Waals surface area (Å²) >= 11 is 0. The van der Waals surface area contributed by atoms with Gasteiger partial charge in [-0.1, -0.05) is 67.6 Å². The maximum absolute atomic E-state index is 13.2. The third kappa shape index (κ3) is 3.34. The van der Waals surface area contributed by atoms with Gasteiger partial charge in [0.25, 0.3) is 0 Å². The van der Waals surface area contributed by atoms with Gasteiger partial charge in [-0.3, -0.25) is 9.69 Å². The normalized spacial score (nSPS) is 26.7. The Hall–Kier alpha value is -2.13. The van der Waals surface area contributed by atoms with Crippen molar-refractivity contribution in [1.29, 1.82) is 0 Å². The fraction of sp³-hybridized carbons (Fsp3) is 0.409. The molecule has 2 heterocycles. The number of carbonyl (C=O) groups excluding carboxylic acids is 1. The highest BCUT2D eigenvalue weighted by Gasteiger charge is 2.47. The van der Waals surface area contributed by atoms with Crippen LogP contribution in [-0.4, -0.2) is 34.8 Å². The van der Waals surface area contributed by atoms with E-state index in [9.17, 15) is 4.79 Å². The molecular formula is C22H26N2O. The minimum atomic E-state index is 0.0488. The van der Waals surface area contributed by atoms with Crippen LogP contribution in [0.3, 0.4) is 0 Å². The van der Waals surface area contributed by atoms with E-state index in [1.165, 1.54) is 11.1 Å². The highest BCUT2D eigenvalue weighted by molar-refractivity contribution is 5.83. The second kappa shape index (κ2) is 7.01. The third-order valence-electron chi connectivity index (χ3n) is 5.79. The molecule has 4 rings (SSSR count). The van der Waals surface area contributed by atoms with E-state index in [1.807, 2.05) is 24.3 Å². The first-order chi connectivity index (χ1) is 12.2. The molecule has 130 valence electrons. The standard InChI is InChI=1S/C22H26N2O/c1-17-14-24(16-19-10-6-3-7-11-19)21-20(17)12-13-23(22(21)25)15-18-8-4-2-5-9-18/h2-11,17,20-21H,12-16H2,1H3/t17?,20-,21-/m0/s1. The third-order valence-corrected chi connectivity index (χ3v) is 5.79. The molecule has 0 saturated carbocycles. The van der Waals surface area contributed by atoms with Crippen molar-refractivity contribution < 1.29 is 4.79 Å². The summed E-state index contributed by atoms with van der Waals surface area (Å²) < 4.78 is 0. The van der Waals surface area contributed by atoms with Gasteiger partial charge < -0.3 is 4.90 Å². The van der Waals surface area contributed by atoms with Gasteiger partial charge in [-0.25, -0.2) is 0 Å². The van der Waals surface area contributed by atoms with Crippen LogP contribution in [0.15, 0.2) is 60.7 Å². The Bertz CT molecular complexity index is 715. The lowest BCUT2D eigenvalue weighted by Gasteiger charge is -2.38. The van der Waals surface area contributed by atoms with Crippen molar-refractivity contribution >= 4 is 5.91 Å². The van der Waals surface area contributed by atoms with Crippen LogP contribution in [0.25, 0.3) is 0 Å². The van der Waals surface area contributed by atoms with E-state index in [0.717, 1.165) is 32.6 Å². The summed E-state index contributed by atoms with van der Waals surface area (Å²) in [5.74, 6) is 1.42. The number of likely N-dealkylation sites (tertiary alicyclic amines) is 2. The topological polar surface area (TPSA) is 23.6 Å². The molecular weight excluding hydrogens is 308 g/mol. The Morgan fingerprint density at radius 3 is 2.16 bits per heavy atom. The summed E-state index contributed by atoms with van der Waals surface area (Å²) in [5.41, 5.74) is 2.51. The molecule has 0 bridgehead atoms. The Labute approximate surface area is 150 Å². The van der Waals surface area contributed by atoms with Crippen molar-refractivity contribution in [2.24, 2.45) is 11.8 Å². The van der Waals surface area contributed by atoms with Crippen molar-refractivity contribution in [2.45, 2.75) is 32.5 Å². The molecule has 1 unspecified atom stereocenters. The lowest BCUT2D eigenvalue weighted by molar-refractivity contribution is -0.141. The molecule has 2 aliphatic heterocycles. The maximum atomic E-state index is 13.2. The summed E-state index contributed by atoms with van der Waals surface area (Å²) in [6, 6.07) is 20.9. The van der Waals surface area contributed by atoms with E-state index in [2.05, 4.69) is 53.1 Å². The average Bonchev–Trinajstić information content (AvgIpc) is 2.95. The molecule has 0 aliphatic carbocycles. The molecule has 3 heteroatoms. The van der Waals surface area contributed by atoms with Crippen LogP contribution >= 0.6 is 0 Å². The fourth-order valence-electron chi connectivity index (χ4n) is 4.53. The SMILES string of the molecule is CC1CN(Cc2ccccc2)[C@@H]2C(=O)N(Cc3ccccc3)CC[C@@H]12. The molecule has 3 nitrogen and oxygen atoms in total.